The molecule has 0 bridgehead atoms. The van der Waals surface area contributed by atoms with Crippen molar-refractivity contribution in [1.82, 2.24) is 5.32 Å². The van der Waals surface area contributed by atoms with Crippen molar-refractivity contribution in [2.45, 2.75) is 20.3 Å². The van der Waals surface area contributed by atoms with Gasteiger partial charge in [-0.3, -0.25) is 4.79 Å². The molecule has 0 heterocycles. The van der Waals surface area contributed by atoms with Crippen molar-refractivity contribution in [2.24, 2.45) is 5.92 Å². The zero-order chi connectivity index (χ0) is 8.15. The molecule has 0 amide bonds. The average molecular weight is 141 g/mol. The molecule has 0 spiro atoms. The first-order valence-corrected chi connectivity index (χ1v) is 3.50. The summed E-state index contributed by atoms with van der Waals surface area (Å²) in [5, 5.41) is 2.88. The van der Waals surface area contributed by atoms with Gasteiger partial charge >= 0.3 is 0 Å². The highest BCUT2D eigenvalue weighted by atomic mass is 16.1. The number of hydrogen-bond acceptors (Lipinski definition) is 2. The van der Waals surface area contributed by atoms with Gasteiger partial charge in [-0.25, -0.2) is 0 Å². The van der Waals surface area contributed by atoms with E-state index in [-0.39, 0.29) is 11.7 Å². The Kier molecular flexibility index (Phi) is 3.77. The van der Waals surface area contributed by atoms with Crippen LogP contribution >= 0.6 is 0 Å². The minimum atomic E-state index is -0.00926. The van der Waals surface area contributed by atoms with Crippen LogP contribution in [0.4, 0.5) is 0 Å². The van der Waals surface area contributed by atoms with Gasteiger partial charge in [0.1, 0.15) is 5.78 Å². The SMILES string of the molecule is C=C(NC)C(CC)C(C)=O. The number of allylic oxidation sites excluding steroid dienone is 1. The lowest BCUT2D eigenvalue weighted by atomic mass is 9.99. The van der Waals surface area contributed by atoms with E-state index in [1.54, 1.807) is 14.0 Å². The van der Waals surface area contributed by atoms with Crippen LogP contribution in [0.25, 0.3) is 0 Å². The summed E-state index contributed by atoms with van der Waals surface area (Å²) in [6.07, 6.45) is 0.828. The molecule has 2 heteroatoms. The van der Waals surface area contributed by atoms with E-state index < -0.39 is 0 Å². The Morgan fingerprint density at radius 3 is 2.30 bits per heavy atom. The summed E-state index contributed by atoms with van der Waals surface area (Å²) in [5.41, 5.74) is 0.815. The Bertz CT molecular complexity index is 140. The molecular formula is C8H15NO. The second kappa shape index (κ2) is 4.09. The Labute approximate surface area is 62.3 Å². The third kappa shape index (κ3) is 2.21. The van der Waals surface area contributed by atoms with Crippen LogP contribution in [0.15, 0.2) is 12.3 Å². The van der Waals surface area contributed by atoms with Crippen molar-refractivity contribution in [3.8, 4) is 0 Å². The number of carbonyl (C=O) groups is 1. The third-order valence-corrected chi connectivity index (χ3v) is 1.64. The second-order valence-electron chi connectivity index (χ2n) is 2.35. The molecule has 0 aliphatic rings. The molecule has 58 valence electrons. The Balaban J connectivity index is 4.06. The predicted molar refractivity (Wildman–Crippen MR) is 42.7 cm³/mol. The van der Waals surface area contributed by atoms with Gasteiger partial charge in [-0.1, -0.05) is 13.5 Å². The summed E-state index contributed by atoms with van der Waals surface area (Å²) in [6, 6.07) is 0. The maximum Gasteiger partial charge on any atom is 0.138 e. The zero-order valence-corrected chi connectivity index (χ0v) is 6.90. The first-order valence-electron chi connectivity index (χ1n) is 3.50. The highest BCUT2D eigenvalue weighted by Crippen LogP contribution is 2.10. The van der Waals surface area contributed by atoms with E-state index >= 15 is 0 Å². The smallest absolute Gasteiger partial charge is 0.138 e. The van der Waals surface area contributed by atoms with Crippen LogP contribution in [0, 0.1) is 5.92 Å². The van der Waals surface area contributed by atoms with Gasteiger partial charge in [0.05, 0.1) is 5.92 Å². The number of nitrogens with one attached hydrogen (secondary N) is 1. The lowest BCUT2D eigenvalue weighted by Gasteiger charge is -2.13. The Morgan fingerprint density at radius 2 is 2.20 bits per heavy atom. The normalized spacial score (nSPS) is 12.3. The molecule has 0 aromatic carbocycles. The fraction of sp³-hybridized carbons (Fsp3) is 0.625. The monoisotopic (exact) mass is 141 g/mol. The van der Waals surface area contributed by atoms with Gasteiger partial charge in [-0.2, -0.15) is 0 Å². The maximum atomic E-state index is 10.9. The van der Waals surface area contributed by atoms with E-state index in [0.29, 0.717) is 0 Å². The van der Waals surface area contributed by atoms with E-state index in [9.17, 15) is 4.79 Å². The highest BCUT2D eigenvalue weighted by Gasteiger charge is 2.13. The second-order valence-corrected chi connectivity index (χ2v) is 2.35. The fourth-order valence-electron chi connectivity index (χ4n) is 0.953. The molecule has 1 atom stereocenters. The maximum absolute atomic E-state index is 10.9. The van der Waals surface area contributed by atoms with Gasteiger partial charge in [0.2, 0.25) is 0 Å². The summed E-state index contributed by atoms with van der Waals surface area (Å²) in [4.78, 5) is 10.9. The minimum Gasteiger partial charge on any atom is -0.391 e. The van der Waals surface area contributed by atoms with Gasteiger partial charge in [-0.15, -0.1) is 0 Å². The van der Waals surface area contributed by atoms with Crippen LogP contribution in [0.1, 0.15) is 20.3 Å². The van der Waals surface area contributed by atoms with Gasteiger partial charge in [0, 0.05) is 12.7 Å². The fourth-order valence-corrected chi connectivity index (χ4v) is 0.953. The quantitative estimate of drug-likeness (QED) is 0.640. The van der Waals surface area contributed by atoms with Crippen LogP contribution in [-0.2, 0) is 4.79 Å². The topological polar surface area (TPSA) is 29.1 Å². The van der Waals surface area contributed by atoms with Crippen molar-refractivity contribution < 1.29 is 4.79 Å². The molecule has 0 rings (SSSR count). The lowest BCUT2D eigenvalue weighted by molar-refractivity contribution is -0.119. The highest BCUT2D eigenvalue weighted by molar-refractivity contribution is 5.80. The van der Waals surface area contributed by atoms with E-state index in [4.69, 9.17) is 0 Å². The van der Waals surface area contributed by atoms with Crippen molar-refractivity contribution in [1.29, 1.82) is 0 Å². The van der Waals surface area contributed by atoms with Gasteiger partial charge in [0.15, 0.2) is 0 Å². The first kappa shape index (κ1) is 9.21. The molecule has 10 heavy (non-hydrogen) atoms. The summed E-state index contributed by atoms with van der Waals surface area (Å²) >= 11 is 0. The number of hydrogen-bond donors (Lipinski definition) is 1. The molecule has 0 saturated carbocycles. The molecular weight excluding hydrogens is 126 g/mol. The van der Waals surface area contributed by atoms with E-state index in [1.807, 2.05) is 6.92 Å². The number of ketones is 1. The largest absolute Gasteiger partial charge is 0.391 e. The molecule has 0 aliphatic heterocycles. The molecule has 0 aromatic heterocycles. The minimum absolute atomic E-state index is 0.00926. The van der Waals surface area contributed by atoms with Gasteiger partial charge < -0.3 is 5.32 Å². The van der Waals surface area contributed by atoms with Gasteiger partial charge in [-0.05, 0) is 13.3 Å². The molecule has 0 radical (unpaired) electrons. The molecule has 0 fully saturated rings. The van der Waals surface area contributed by atoms with Crippen LogP contribution in [0.5, 0.6) is 0 Å². The van der Waals surface area contributed by atoms with Crippen molar-refractivity contribution >= 4 is 5.78 Å². The van der Waals surface area contributed by atoms with Crippen LogP contribution in [-0.4, -0.2) is 12.8 Å². The number of rotatable bonds is 4. The Hall–Kier alpha value is -0.790. The third-order valence-electron chi connectivity index (χ3n) is 1.64. The number of carbonyl (C=O) groups excluding carboxylic acids is 1. The van der Waals surface area contributed by atoms with E-state index in [0.717, 1.165) is 12.1 Å². The number of Topliss-reactive ketones (excluding diaryl/α,β-unsaturated/α-hetero) is 1. The van der Waals surface area contributed by atoms with Gasteiger partial charge in [0.25, 0.3) is 0 Å². The molecule has 0 aliphatic carbocycles. The van der Waals surface area contributed by atoms with Crippen molar-refractivity contribution in [2.75, 3.05) is 7.05 Å². The molecule has 1 N–H and O–H groups in total. The summed E-state index contributed by atoms with van der Waals surface area (Å²) in [5.74, 6) is 0.173. The van der Waals surface area contributed by atoms with Crippen LogP contribution < -0.4 is 5.32 Å². The molecule has 0 saturated heterocycles. The standard InChI is InChI=1S/C8H15NO/c1-5-8(7(3)10)6(2)9-4/h8-9H,2,5H2,1,3-4H3. The van der Waals surface area contributed by atoms with Crippen molar-refractivity contribution in [3.05, 3.63) is 12.3 Å². The predicted octanol–water partition coefficient (Wildman–Crippen LogP) is 1.33. The van der Waals surface area contributed by atoms with Crippen LogP contribution in [0.3, 0.4) is 0 Å². The van der Waals surface area contributed by atoms with Crippen LogP contribution in [0.2, 0.25) is 0 Å². The molecule has 2 nitrogen and oxygen atoms in total. The first-order chi connectivity index (χ1) is 4.63. The summed E-state index contributed by atoms with van der Waals surface area (Å²) < 4.78 is 0. The van der Waals surface area contributed by atoms with E-state index in [1.165, 1.54) is 0 Å². The lowest BCUT2D eigenvalue weighted by Crippen LogP contribution is -2.20. The summed E-state index contributed by atoms with van der Waals surface area (Å²) in [6.45, 7) is 7.31. The Morgan fingerprint density at radius 1 is 1.70 bits per heavy atom. The average Bonchev–Trinajstić information content (AvgIpc) is 1.88. The zero-order valence-electron chi connectivity index (χ0n) is 6.90. The van der Waals surface area contributed by atoms with E-state index in [2.05, 4.69) is 11.9 Å². The summed E-state index contributed by atoms with van der Waals surface area (Å²) in [7, 11) is 1.79. The molecule has 1 unspecified atom stereocenters. The van der Waals surface area contributed by atoms with Crippen molar-refractivity contribution in [3.63, 3.8) is 0 Å². The molecule has 0 aromatic rings.